The standard InChI is InChI=1S/C13H19N5O3/c1-6-20-11(19)10-8(2)18(17-15-10)7-9-14-16-12(21-9)13(3,4)5/h6-7H2,1-5H3. The van der Waals surface area contributed by atoms with Gasteiger partial charge < -0.3 is 9.15 Å². The maximum atomic E-state index is 11.7. The van der Waals surface area contributed by atoms with Crippen LogP contribution in [0.15, 0.2) is 4.42 Å². The van der Waals surface area contributed by atoms with Crippen molar-refractivity contribution in [3.63, 3.8) is 0 Å². The van der Waals surface area contributed by atoms with E-state index in [9.17, 15) is 4.79 Å². The van der Waals surface area contributed by atoms with Gasteiger partial charge >= 0.3 is 5.97 Å². The van der Waals surface area contributed by atoms with Crippen molar-refractivity contribution in [3.8, 4) is 0 Å². The first-order chi connectivity index (χ1) is 9.82. The topological polar surface area (TPSA) is 95.9 Å². The normalized spacial score (nSPS) is 11.7. The van der Waals surface area contributed by atoms with Gasteiger partial charge in [0, 0.05) is 5.41 Å². The van der Waals surface area contributed by atoms with E-state index in [1.807, 2.05) is 20.8 Å². The predicted molar refractivity (Wildman–Crippen MR) is 72.8 cm³/mol. The molecule has 0 aliphatic heterocycles. The number of esters is 1. The van der Waals surface area contributed by atoms with Gasteiger partial charge in [-0.05, 0) is 13.8 Å². The van der Waals surface area contributed by atoms with Crippen molar-refractivity contribution in [1.82, 2.24) is 25.2 Å². The van der Waals surface area contributed by atoms with Crippen LogP contribution in [-0.2, 0) is 16.7 Å². The van der Waals surface area contributed by atoms with Crippen molar-refractivity contribution in [1.29, 1.82) is 0 Å². The molecule has 0 aliphatic rings. The summed E-state index contributed by atoms with van der Waals surface area (Å²) in [6.45, 7) is 10.0. The van der Waals surface area contributed by atoms with Gasteiger partial charge in [0.05, 0.1) is 12.3 Å². The van der Waals surface area contributed by atoms with E-state index in [0.717, 1.165) is 0 Å². The summed E-state index contributed by atoms with van der Waals surface area (Å²) in [6, 6.07) is 0. The fraction of sp³-hybridized carbons (Fsp3) is 0.615. The minimum absolute atomic E-state index is 0.201. The Balaban J connectivity index is 2.17. The summed E-state index contributed by atoms with van der Waals surface area (Å²) in [5.74, 6) is 0.492. The molecule has 2 aromatic rings. The molecule has 2 heterocycles. The lowest BCUT2D eigenvalue weighted by Crippen LogP contribution is -2.11. The monoisotopic (exact) mass is 293 g/mol. The second-order valence-electron chi connectivity index (χ2n) is 5.65. The van der Waals surface area contributed by atoms with Crippen LogP contribution < -0.4 is 0 Å². The molecular weight excluding hydrogens is 274 g/mol. The molecule has 0 spiro atoms. The van der Waals surface area contributed by atoms with E-state index in [1.54, 1.807) is 13.8 Å². The van der Waals surface area contributed by atoms with Crippen LogP contribution in [0.5, 0.6) is 0 Å². The van der Waals surface area contributed by atoms with E-state index >= 15 is 0 Å². The highest BCUT2D eigenvalue weighted by Gasteiger charge is 2.23. The lowest BCUT2D eigenvalue weighted by atomic mass is 9.97. The van der Waals surface area contributed by atoms with Gasteiger partial charge in [-0.2, -0.15) is 0 Å². The molecule has 0 saturated heterocycles. The van der Waals surface area contributed by atoms with Gasteiger partial charge in [-0.15, -0.1) is 15.3 Å². The molecule has 0 saturated carbocycles. The van der Waals surface area contributed by atoms with Gasteiger partial charge in [0.2, 0.25) is 11.8 Å². The maximum Gasteiger partial charge on any atom is 0.360 e. The van der Waals surface area contributed by atoms with Crippen LogP contribution in [0.25, 0.3) is 0 Å². The average Bonchev–Trinajstić information content (AvgIpc) is 2.98. The molecule has 0 aromatic carbocycles. The molecule has 0 fully saturated rings. The molecule has 2 rings (SSSR count). The highest BCUT2D eigenvalue weighted by Crippen LogP contribution is 2.20. The van der Waals surface area contributed by atoms with Crippen LogP contribution in [0.4, 0.5) is 0 Å². The first kappa shape index (κ1) is 15.1. The Hall–Kier alpha value is -2.25. The van der Waals surface area contributed by atoms with Crippen LogP contribution in [0, 0.1) is 6.92 Å². The molecule has 0 atom stereocenters. The SMILES string of the molecule is CCOC(=O)c1nnn(Cc2nnc(C(C)(C)C)o2)c1C. The molecule has 0 amide bonds. The third-order valence-electron chi connectivity index (χ3n) is 2.84. The molecule has 21 heavy (non-hydrogen) atoms. The van der Waals surface area contributed by atoms with Gasteiger partial charge in [0.15, 0.2) is 5.69 Å². The predicted octanol–water partition coefficient (Wildman–Crippen LogP) is 1.49. The average molecular weight is 293 g/mol. The fourth-order valence-corrected chi connectivity index (χ4v) is 1.65. The summed E-state index contributed by atoms with van der Waals surface area (Å²) in [5, 5.41) is 15.8. The third kappa shape index (κ3) is 3.26. The van der Waals surface area contributed by atoms with Gasteiger partial charge in [-0.25, -0.2) is 9.48 Å². The number of hydrogen-bond acceptors (Lipinski definition) is 7. The molecule has 0 bridgehead atoms. The Morgan fingerprint density at radius 3 is 2.57 bits per heavy atom. The van der Waals surface area contributed by atoms with E-state index in [4.69, 9.17) is 9.15 Å². The zero-order valence-corrected chi connectivity index (χ0v) is 12.9. The number of carbonyl (C=O) groups is 1. The van der Waals surface area contributed by atoms with Crippen LogP contribution in [0.1, 0.15) is 55.7 Å². The molecular formula is C13H19N5O3. The second kappa shape index (κ2) is 5.63. The third-order valence-corrected chi connectivity index (χ3v) is 2.84. The zero-order chi connectivity index (χ0) is 15.6. The number of hydrogen-bond donors (Lipinski definition) is 0. The molecule has 8 heteroatoms. The van der Waals surface area contributed by atoms with Crippen LogP contribution in [-0.4, -0.2) is 37.8 Å². The maximum absolute atomic E-state index is 11.7. The van der Waals surface area contributed by atoms with E-state index in [0.29, 0.717) is 24.1 Å². The molecule has 8 nitrogen and oxygen atoms in total. The number of aromatic nitrogens is 5. The van der Waals surface area contributed by atoms with Crippen LogP contribution >= 0.6 is 0 Å². The second-order valence-corrected chi connectivity index (χ2v) is 5.65. The van der Waals surface area contributed by atoms with Crippen molar-refractivity contribution in [2.45, 2.75) is 46.6 Å². The minimum atomic E-state index is -0.484. The number of nitrogens with zero attached hydrogens (tertiary/aromatic N) is 5. The molecule has 114 valence electrons. The van der Waals surface area contributed by atoms with Crippen molar-refractivity contribution >= 4 is 5.97 Å². The number of carbonyl (C=O) groups excluding carboxylic acids is 1. The van der Waals surface area contributed by atoms with Crippen LogP contribution in [0.2, 0.25) is 0 Å². The van der Waals surface area contributed by atoms with Crippen molar-refractivity contribution < 1.29 is 13.9 Å². The quantitative estimate of drug-likeness (QED) is 0.788. The lowest BCUT2D eigenvalue weighted by molar-refractivity contribution is 0.0518. The fourth-order valence-electron chi connectivity index (χ4n) is 1.65. The Morgan fingerprint density at radius 1 is 1.29 bits per heavy atom. The summed E-state index contributed by atoms with van der Waals surface area (Å²) in [4.78, 5) is 11.7. The highest BCUT2D eigenvalue weighted by molar-refractivity contribution is 5.88. The Kier molecular flexibility index (Phi) is 4.06. The summed E-state index contributed by atoms with van der Waals surface area (Å²) in [7, 11) is 0. The Morgan fingerprint density at radius 2 is 2.00 bits per heavy atom. The van der Waals surface area contributed by atoms with Crippen LogP contribution in [0.3, 0.4) is 0 Å². The van der Waals surface area contributed by atoms with Crippen molar-refractivity contribution in [3.05, 3.63) is 23.2 Å². The highest BCUT2D eigenvalue weighted by atomic mass is 16.5. The van der Waals surface area contributed by atoms with Gasteiger partial charge in [0.25, 0.3) is 0 Å². The van der Waals surface area contributed by atoms with Crippen molar-refractivity contribution in [2.75, 3.05) is 6.61 Å². The number of rotatable bonds is 4. The molecule has 0 N–H and O–H groups in total. The van der Waals surface area contributed by atoms with Gasteiger partial charge in [0.1, 0.15) is 6.54 Å². The summed E-state index contributed by atoms with van der Waals surface area (Å²) < 4.78 is 12.0. The largest absolute Gasteiger partial charge is 0.461 e. The lowest BCUT2D eigenvalue weighted by Gasteiger charge is -2.10. The van der Waals surface area contributed by atoms with E-state index in [1.165, 1.54) is 4.68 Å². The molecule has 0 unspecified atom stereocenters. The van der Waals surface area contributed by atoms with E-state index in [-0.39, 0.29) is 17.7 Å². The Labute approximate surface area is 122 Å². The van der Waals surface area contributed by atoms with Gasteiger partial charge in [-0.1, -0.05) is 26.0 Å². The van der Waals surface area contributed by atoms with Crippen molar-refractivity contribution in [2.24, 2.45) is 0 Å². The molecule has 2 aromatic heterocycles. The first-order valence-corrected chi connectivity index (χ1v) is 6.73. The molecule has 0 aliphatic carbocycles. The Bertz CT molecular complexity index is 639. The summed E-state index contributed by atoms with van der Waals surface area (Å²) in [6.07, 6.45) is 0. The smallest absolute Gasteiger partial charge is 0.360 e. The number of ether oxygens (including phenoxy) is 1. The van der Waals surface area contributed by atoms with E-state index in [2.05, 4.69) is 20.5 Å². The first-order valence-electron chi connectivity index (χ1n) is 6.73. The summed E-state index contributed by atoms with van der Waals surface area (Å²) in [5.41, 5.74) is 0.593. The van der Waals surface area contributed by atoms with Gasteiger partial charge in [-0.3, -0.25) is 0 Å². The minimum Gasteiger partial charge on any atom is -0.461 e. The van der Waals surface area contributed by atoms with E-state index < -0.39 is 5.97 Å². The molecule has 0 radical (unpaired) electrons. The summed E-state index contributed by atoms with van der Waals surface area (Å²) >= 11 is 0. The zero-order valence-electron chi connectivity index (χ0n) is 12.9.